The third-order valence-electron chi connectivity index (χ3n) is 5.92. The summed E-state index contributed by atoms with van der Waals surface area (Å²) in [5.74, 6) is 0.809. The SMILES string of the molecule is COc1cccc(CN(C(=O)Cc2ccc(C)cc2)C(Cc2ccccc2)C(=O)NCC(C)C)c1. The monoisotopic (exact) mass is 472 g/mol. The van der Waals surface area contributed by atoms with Gasteiger partial charge in [0.2, 0.25) is 11.8 Å². The highest BCUT2D eigenvalue weighted by molar-refractivity contribution is 5.88. The van der Waals surface area contributed by atoms with Gasteiger partial charge in [-0.1, -0.05) is 86.1 Å². The number of aryl methyl sites for hydroxylation is 1. The first-order valence-electron chi connectivity index (χ1n) is 12.1. The van der Waals surface area contributed by atoms with Gasteiger partial charge >= 0.3 is 0 Å². The van der Waals surface area contributed by atoms with Gasteiger partial charge in [-0.3, -0.25) is 9.59 Å². The van der Waals surface area contributed by atoms with Gasteiger partial charge in [0.15, 0.2) is 0 Å². The Hall–Kier alpha value is -3.60. The minimum atomic E-state index is -0.639. The summed E-state index contributed by atoms with van der Waals surface area (Å²) in [5.41, 5.74) is 3.99. The van der Waals surface area contributed by atoms with Crippen molar-refractivity contribution in [1.29, 1.82) is 0 Å². The van der Waals surface area contributed by atoms with Gasteiger partial charge in [-0.05, 0) is 41.7 Å². The minimum Gasteiger partial charge on any atom is -0.497 e. The second kappa shape index (κ2) is 12.7. The molecule has 0 fully saturated rings. The molecule has 0 aliphatic heterocycles. The number of hydrogen-bond donors (Lipinski definition) is 1. The quantitative estimate of drug-likeness (QED) is 0.429. The molecule has 2 amide bonds. The van der Waals surface area contributed by atoms with Crippen molar-refractivity contribution >= 4 is 11.8 Å². The highest BCUT2D eigenvalue weighted by Crippen LogP contribution is 2.19. The van der Waals surface area contributed by atoms with Crippen LogP contribution in [0.1, 0.15) is 36.1 Å². The van der Waals surface area contributed by atoms with Crippen LogP contribution in [0, 0.1) is 12.8 Å². The van der Waals surface area contributed by atoms with Crippen LogP contribution >= 0.6 is 0 Å². The van der Waals surface area contributed by atoms with Gasteiger partial charge in [-0.15, -0.1) is 0 Å². The van der Waals surface area contributed by atoms with Gasteiger partial charge in [0, 0.05) is 19.5 Å². The molecule has 35 heavy (non-hydrogen) atoms. The van der Waals surface area contributed by atoms with Crippen molar-refractivity contribution in [2.24, 2.45) is 5.92 Å². The van der Waals surface area contributed by atoms with Crippen LogP contribution in [0.2, 0.25) is 0 Å². The largest absolute Gasteiger partial charge is 0.497 e. The Labute approximate surface area is 209 Å². The second-order valence-electron chi connectivity index (χ2n) is 9.38. The molecule has 0 heterocycles. The van der Waals surface area contributed by atoms with E-state index in [2.05, 4.69) is 19.2 Å². The Morgan fingerprint density at radius 2 is 1.57 bits per heavy atom. The van der Waals surface area contributed by atoms with Crippen LogP contribution in [0.5, 0.6) is 5.75 Å². The summed E-state index contributed by atoms with van der Waals surface area (Å²) >= 11 is 0. The number of nitrogens with one attached hydrogen (secondary N) is 1. The van der Waals surface area contributed by atoms with Crippen LogP contribution in [0.4, 0.5) is 0 Å². The van der Waals surface area contributed by atoms with Crippen LogP contribution in [-0.4, -0.2) is 36.4 Å². The third kappa shape index (κ3) is 7.99. The minimum absolute atomic E-state index is 0.0858. The Morgan fingerprint density at radius 3 is 2.23 bits per heavy atom. The maximum absolute atomic E-state index is 13.7. The molecule has 3 rings (SSSR count). The number of rotatable bonds is 11. The highest BCUT2D eigenvalue weighted by atomic mass is 16.5. The molecule has 3 aromatic rings. The maximum Gasteiger partial charge on any atom is 0.243 e. The van der Waals surface area contributed by atoms with E-state index in [9.17, 15) is 9.59 Å². The Bertz CT molecular complexity index is 1090. The predicted molar refractivity (Wildman–Crippen MR) is 140 cm³/mol. The summed E-state index contributed by atoms with van der Waals surface area (Å²) in [6.45, 7) is 7.01. The maximum atomic E-state index is 13.7. The Balaban J connectivity index is 1.96. The summed E-state index contributed by atoms with van der Waals surface area (Å²) < 4.78 is 5.39. The van der Waals surface area contributed by atoms with Crippen molar-refractivity contribution in [2.75, 3.05) is 13.7 Å². The molecule has 0 spiro atoms. The number of ether oxygens (including phenoxy) is 1. The summed E-state index contributed by atoms with van der Waals surface area (Å²) in [4.78, 5) is 28.9. The highest BCUT2D eigenvalue weighted by Gasteiger charge is 2.30. The van der Waals surface area contributed by atoms with Gasteiger partial charge in [-0.2, -0.15) is 0 Å². The fourth-order valence-electron chi connectivity index (χ4n) is 3.93. The van der Waals surface area contributed by atoms with E-state index in [4.69, 9.17) is 4.74 Å². The molecule has 1 N–H and O–H groups in total. The molecule has 0 saturated heterocycles. The Morgan fingerprint density at radius 1 is 0.886 bits per heavy atom. The lowest BCUT2D eigenvalue weighted by atomic mass is 10.0. The van der Waals surface area contributed by atoms with E-state index < -0.39 is 6.04 Å². The smallest absolute Gasteiger partial charge is 0.243 e. The molecule has 0 radical (unpaired) electrons. The molecule has 0 aromatic heterocycles. The number of benzene rings is 3. The molecule has 0 saturated carbocycles. The zero-order chi connectivity index (χ0) is 25.2. The molecule has 184 valence electrons. The lowest BCUT2D eigenvalue weighted by Crippen LogP contribution is -2.51. The third-order valence-corrected chi connectivity index (χ3v) is 5.92. The van der Waals surface area contributed by atoms with E-state index in [1.807, 2.05) is 85.8 Å². The molecular formula is C30H36N2O3. The first kappa shape index (κ1) is 26.0. The molecular weight excluding hydrogens is 436 g/mol. The number of methoxy groups -OCH3 is 1. The van der Waals surface area contributed by atoms with Crippen molar-refractivity contribution < 1.29 is 14.3 Å². The van der Waals surface area contributed by atoms with Crippen LogP contribution in [0.25, 0.3) is 0 Å². The van der Waals surface area contributed by atoms with Gasteiger partial charge in [0.05, 0.1) is 13.5 Å². The molecule has 5 nitrogen and oxygen atoms in total. The normalized spacial score (nSPS) is 11.7. The zero-order valence-corrected chi connectivity index (χ0v) is 21.2. The first-order valence-corrected chi connectivity index (χ1v) is 12.1. The predicted octanol–water partition coefficient (Wildman–Crippen LogP) is 4.96. The molecule has 1 unspecified atom stereocenters. The van der Waals surface area contributed by atoms with Gasteiger partial charge in [0.1, 0.15) is 11.8 Å². The first-order chi connectivity index (χ1) is 16.9. The van der Waals surface area contributed by atoms with Gasteiger partial charge in [-0.25, -0.2) is 0 Å². The average Bonchev–Trinajstić information content (AvgIpc) is 2.86. The molecule has 0 bridgehead atoms. The van der Waals surface area contributed by atoms with E-state index in [1.54, 1.807) is 12.0 Å². The summed E-state index contributed by atoms with van der Waals surface area (Å²) in [7, 11) is 1.62. The summed E-state index contributed by atoms with van der Waals surface area (Å²) in [6.07, 6.45) is 0.668. The fraction of sp³-hybridized carbons (Fsp3) is 0.333. The molecule has 1 atom stereocenters. The molecule has 3 aromatic carbocycles. The molecule has 5 heteroatoms. The van der Waals surface area contributed by atoms with Crippen molar-refractivity contribution in [3.63, 3.8) is 0 Å². The van der Waals surface area contributed by atoms with E-state index in [1.165, 1.54) is 0 Å². The summed E-state index contributed by atoms with van der Waals surface area (Å²) in [5, 5.41) is 3.06. The summed E-state index contributed by atoms with van der Waals surface area (Å²) in [6, 6.07) is 24.8. The lowest BCUT2D eigenvalue weighted by Gasteiger charge is -2.32. The van der Waals surface area contributed by atoms with Crippen molar-refractivity contribution in [1.82, 2.24) is 10.2 Å². The molecule has 0 aliphatic carbocycles. The fourth-order valence-corrected chi connectivity index (χ4v) is 3.93. The number of carbonyl (C=O) groups excluding carboxylic acids is 2. The van der Waals surface area contributed by atoms with Crippen LogP contribution in [0.15, 0.2) is 78.9 Å². The zero-order valence-electron chi connectivity index (χ0n) is 21.2. The van der Waals surface area contributed by atoms with E-state index in [0.29, 0.717) is 25.4 Å². The number of hydrogen-bond acceptors (Lipinski definition) is 3. The molecule has 0 aliphatic rings. The number of nitrogens with zero attached hydrogens (tertiary/aromatic N) is 1. The lowest BCUT2D eigenvalue weighted by molar-refractivity contribution is -0.140. The van der Waals surface area contributed by atoms with Gasteiger partial charge in [0.25, 0.3) is 0 Å². The standard InChI is InChI=1S/C30H36N2O3/c1-22(2)20-31-30(34)28(18-24-9-6-5-7-10-24)32(21-26-11-8-12-27(17-26)35-4)29(33)19-25-15-13-23(3)14-16-25/h5-17,22,28H,18-21H2,1-4H3,(H,31,34). The Kier molecular flexibility index (Phi) is 9.47. The number of amides is 2. The second-order valence-corrected chi connectivity index (χ2v) is 9.38. The number of carbonyl (C=O) groups is 2. The van der Waals surface area contributed by atoms with Crippen molar-refractivity contribution in [3.05, 3.63) is 101 Å². The van der Waals surface area contributed by atoms with Crippen LogP contribution in [0.3, 0.4) is 0 Å². The van der Waals surface area contributed by atoms with E-state index >= 15 is 0 Å². The van der Waals surface area contributed by atoms with Gasteiger partial charge < -0.3 is 15.0 Å². The topological polar surface area (TPSA) is 58.6 Å². The van der Waals surface area contributed by atoms with Crippen molar-refractivity contribution in [3.8, 4) is 5.75 Å². The van der Waals surface area contributed by atoms with E-state index in [0.717, 1.165) is 28.0 Å². The van der Waals surface area contributed by atoms with Crippen LogP contribution in [-0.2, 0) is 29.0 Å². The van der Waals surface area contributed by atoms with E-state index in [-0.39, 0.29) is 18.2 Å². The average molecular weight is 473 g/mol. The van der Waals surface area contributed by atoms with Crippen molar-refractivity contribution in [2.45, 2.75) is 46.2 Å². The van der Waals surface area contributed by atoms with Crippen LogP contribution < -0.4 is 10.1 Å².